The highest BCUT2D eigenvalue weighted by atomic mass is 35.5. The summed E-state index contributed by atoms with van der Waals surface area (Å²) in [6.45, 7) is 0.991. The number of benzene rings is 1. The monoisotopic (exact) mass is 409 g/mol. The number of nitrogens with zero attached hydrogens (tertiary/aromatic N) is 3. The summed E-state index contributed by atoms with van der Waals surface area (Å²) in [6.07, 6.45) is 4.34. The van der Waals surface area contributed by atoms with Crippen molar-refractivity contribution in [3.63, 3.8) is 0 Å². The molecule has 26 heavy (non-hydrogen) atoms. The van der Waals surface area contributed by atoms with Gasteiger partial charge in [0.25, 0.3) is 5.56 Å². The largest absolute Gasteiger partial charge is 0.274 e. The van der Waals surface area contributed by atoms with Crippen LogP contribution in [0.15, 0.2) is 46.2 Å². The minimum atomic E-state index is -3.69. The van der Waals surface area contributed by atoms with Gasteiger partial charge in [-0.1, -0.05) is 18.0 Å². The van der Waals surface area contributed by atoms with Crippen LogP contribution in [0.1, 0.15) is 19.3 Å². The summed E-state index contributed by atoms with van der Waals surface area (Å²) in [5.74, 6) is 0. The van der Waals surface area contributed by atoms with Crippen LogP contribution >= 0.6 is 23.1 Å². The van der Waals surface area contributed by atoms with Crippen molar-refractivity contribution in [3.05, 3.63) is 51.9 Å². The molecule has 1 aromatic carbocycles. The highest BCUT2D eigenvalue weighted by Crippen LogP contribution is 2.29. The number of piperidine rings is 1. The number of halogens is 1. The third kappa shape index (κ3) is 2.96. The lowest BCUT2D eigenvalue weighted by molar-refractivity contribution is 0.346. The third-order valence-corrected chi connectivity index (χ3v) is 7.88. The van der Waals surface area contributed by atoms with Gasteiger partial charge in [0.2, 0.25) is 10.0 Å². The van der Waals surface area contributed by atoms with E-state index in [1.807, 2.05) is 0 Å². The molecular formula is C17H16ClN3O3S2. The van der Waals surface area contributed by atoms with Gasteiger partial charge >= 0.3 is 0 Å². The van der Waals surface area contributed by atoms with Crippen molar-refractivity contribution in [1.29, 1.82) is 0 Å². The molecule has 0 saturated carbocycles. The second-order valence-corrected chi connectivity index (χ2v) is 9.37. The first-order valence-corrected chi connectivity index (χ1v) is 10.8. The Bertz CT molecular complexity index is 1130. The van der Waals surface area contributed by atoms with Crippen LogP contribution in [-0.2, 0) is 10.0 Å². The predicted octanol–water partition coefficient (Wildman–Crippen LogP) is 3.28. The van der Waals surface area contributed by atoms with Crippen molar-refractivity contribution < 1.29 is 8.42 Å². The first-order valence-electron chi connectivity index (χ1n) is 8.25. The zero-order chi connectivity index (χ0) is 18.3. The van der Waals surface area contributed by atoms with Gasteiger partial charge < -0.3 is 0 Å². The molecular weight excluding hydrogens is 394 g/mol. The van der Waals surface area contributed by atoms with Crippen LogP contribution in [0.3, 0.4) is 0 Å². The normalized spacial score (nSPS) is 16.2. The molecule has 2 aromatic heterocycles. The maximum absolute atomic E-state index is 13.0. The molecule has 3 aromatic rings. The van der Waals surface area contributed by atoms with E-state index in [2.05, 4.69) is 4.98 Å². The Kier molecular flexibility index (Phi) is 4.60. The van der Waals surface area contributed by atoms with E-state index >= 15 is 0 Å². The summed E-state index contributed by atoms with van der Waals surface area (Å²) in [5, 5.41) is 0.666. The smallest absolute Gasteiger partial charge is 0.267 e. The molecule has 0 spiro atoms. The van der Waals surface area contributed by atoms with Crippen LogP contribution in [0.2, 0.25) is 5.02 Å². The van der Waals surface area contributed by atoms with Crippen molar-refractivity contribution in [1.82, 2.24) is 13.2 Å². The summed E-state index contributed by atoms with van der Waals surface area (Å²) in [7, 11) is -3.69. The third-order valence-electron chi connectivity index (χ3n) is 4.45. The summed E-state index contributed by atoms with van der Waals surface area (Å²) >= 11 is 7.38. The van der Waals surface area contributed by atoms with Gasteiger partial charge in [0.15, 0.2) is 0 Å². The molecule has 1 saturated heterocycles. The molecule has 1 aliphatic rings. The van der Waals surface area contributed by atoms with Crippen molar-refractivity contribution in [2.45, 2.75) is 24.2 Å². The number of sulfonamides is 1. The zero-order valence-corrected chi connectivity index (χ0v) is 16.1. The first kappa shape index (κ1) is 17.7. The Labute approximate surface area is 159 Å². The fourth-order valence-corrected chi connectivity index (χ4v) is 6.04. The van der Waals surface area contributed by atoms with Gasteiger partial charge in [-0.25, -0.2) is 17.4 Å². The second kappa shape index (κ2) is 6.77. The molecule has 0 radical (unpaired) electrons. The average Bonchev–Trinajstić information content (AvgIpc) is 3.00. The lowest BCUT2D eigenvalue weighted by Crippen LogP contribution is -2.35. The molecule has 0 atom stereocenters. The number of aromatic nitrogens is 2. The molecule has 3 heterocycles. The van der Waals surface area contributed by atoms with Gasteiger partial charge in [-0.3, -0.25) is 4.79 Å². The molecule has 0 amide bonds. The molecule has 136 valence electrons. The molecule has 4 rings (SSSR count). The Morgan fingerprint density at radius 2 is 1.88 bits per heavy atom. The van der Waals surface area contributed by atoms with E-state index in [0.717, 1.165) is 19.3 Å². The van der Waals surface area contributed by atoms with Crippen molar-refractivity contribution in [2.24, 2.45) is 0 Å². The molecule has 1 aliphatic heterocycles. The maximum atomic E-state index is 13.0. The van der Waals surface area contributed by atoms with Crippen molar-refractivity contribution >= 4 is 43.4 Å². The van der Waals surface area contributed by atoms with E-state index in [9.17, 15) is 13.2 Å². The van der Waals surface area contributed by atoms with E-state index in [1.54, 1.807) is 24.4 Å². The van der Waals surface area contributed by atoms with Crippen LogP contribution in [0, 0.1) is 0 Å². The van der Waals surface area contributed by atoms with Crippen LogP contribution in [0.4, 0.5) is 0 Å². The van der Waals surface area contributed by atoms with E-state index < -0.39 is 10.0 Å². The van der Waals surface area contributed by atoms with Gasteiger partial charge in [0.1, 0.15) is 9.73 Å². The average molecular weight is 410 g/mol. The Morgan fingerprint density at radius 3 is 2.62 bits per heavy atom. The zero-order valence-electron chi connectivity index (χ0n) is 13.8. The molecule has 9 heteroatoms. The first-order chi connectivity index (χ1) is 12.5. The minimum Gasteiger partial charge on any atom is -0.267 e. The van der Waals surface area contributed by atoms with Crippen LogP contribution < -0.4 is 5.56 Å². The second-order valence-electron chi connectivity index (χ2n) is 6.13. The lowest BCUT2D eigenvalue weighted by atomic mass is 10.2. The van der Waals surface area contributed by atoms with E-state index in [4.69, 9.17) is 11.6 Å². The maximum Gasteiger partial charge on any atom is 0.274 e. The summed E-state index contributed by atoms with van der Waals surface area (Å²) in [4.78, 5) is 17.5. The molecule has 1 fully saturated rings. The summed E-state index contributed by atoms with van der Waals surface area (Å²) in [6, 6.07) is 8.06. The van der Waals surface area contributed by atoms with Crippen LogP contribution in [0.25, 0.3) is 15.9 Å². The van der Waals surface area contributed by atoms with Crippen molar-refractivity contribution in [2.75, 3.05) is 13.1 Å². The Hall–Kier alpha value is -1.74. The number of pyridine rings is 1. The molecule has 0 N–H and O–H groups in total. The fraction of sp³-hybridized carbons (Fsp3) is 0.294. The standard InChI is InChI=1S/C17H16ClN3O3S2/c18-14-7-6-12(21-17(22)13-5-4-8-19-16(13)25-21)11-15(14)26(23,24)20-9-2-1-3-10-20/h4-8,11H,1-3,9-10H2. The summed E-state index contributed by atoms with van der Waals surface area (Å²) < 4.78 is 28.9. The van der Waals surface area contributed by atoms with Gasteiger partial charge in [0.05, 0.1) is 16.1 Å². The van der Waals surface area contributed by atoms with Crippen molar-refractivity contribution in [3.8, 4) is 5.69 Å². The highest BCUT2D eigenvalue weighted by molar-refractivity contribution is 7.89. The molecule has 0 aliphatic carbocycles. The molecule has 0 bridgehead atoms. The van der Waals surface area contributed by atoms with Gasteiger partial charge in [0, 0.05) is 19.3 Å². The van der Waals surface area contributed by atoms with Gasteiger partial charge in [-0.05, 0) is 54.7 Å². The van der Waals surface area contributed by atoms with E-state index in [1.165, 1.54) is 31.9 Å². The Balaban J connectivity index is 1.83. The minimum absolute atomic E-state index is 0.0379. The number of rotatable bonds is 3. The number of fused-ring (bicyclic) bond motifs is 1. The predicted molar refractivity (Wildman–Crippen MR) is 103 cm³/mol. The quantitative estimate of drug-likeness (QED) is 0.665. The Morgan fingerprint density at radius 1 is 1.12 bits per heavy atom. The highest BCUT2D eigenvalue weighted by Gasteiger charge is 2.28. The lowest BCUT2D eigenvalue weighted by Gasteiger charge is -2.26. The SMILES string of the molecule is O=c1c2cccnc2sn1-c1ccc(Cl)c(S(=O)(=O)N2CCCCC2)c1. The fourth-order valence-electron chi connectivity index (χ4n) is 3.09. The van der Waals surface area contributed by atoms with Gasteiger partial charge in [-0.2, -0.15) is 4.31 Å². The van der Waals surface area contributed by atoms with Gasteiger partial charge in [-0.15, -0.1) is 0 Å². The van der Waals surface area contributed by atoms with Crippen LogP contribution in [-0.4, -0.2) is 34.8 Å². The van der Waals surface area contributed by atoms with E-state index in [-0.39, 0.29) is 15.5 Å². The molecule has 0 unspecified atom stereocenters. The number of hydrogen-bond donors (Lipinski definition) is 0. The topological polar surface area (TPSA) is 72.3 Å². The summed E-state index contributed by atoms with van der Waals surface area (Å²) in [5.41, 5.74) is 0.250. The van der Waals surface area contributed by atoms with Crippen LogP contribution in [0.5, 0.6) is 0 Å². The van der Waals surface area contributed by atoms with E-state index in [0.29, 0.717) is 29.0 Å². The number of hydrogen-bond acceptors (Lipinski definition) is 5. The molecule has 6 nitrogen and oxygen atoms in total.